The van der Waals surface area contributed by atoms with E-state index in [0.29, 0.717) is 0 Å². The molecule has 5 aromatic rings. The van der Waals surface area contributed by atoms with Gasteiger partial charge in [0.2, 0.25) is 0 Å². The average molecular weight is 273 g/mol. The van der Waals surface area contributed by atoms with Crippen molar-refractivity contribution in [2.45, 2.75) is 0 Å². The zero-order valence-corrected chi connectivity index (χ0v) is 11.0. The highest BCUT2D eigenvalue weighted by molar-refractivity contribution is 6.22. The number of aromatic amines is 3. The second-order valence-electron chi connectivity index (χ2n) is 5.30. The number of hydrogen-bond donors (Lipinski definition) is 3. The fourth-order valence-corrected chi connectivity index (χ4v) is 3.23. The lowest BCUT2D eigenvalue weighted by molar-refractivity contribution is 1.42. The van der Waals surface area contributed by atoms with E-state index in [2.05, 4.69) is 27.1 Å². The molecule has 2 aromatic carbocycles. The van der Waals surface area contributed by atoms with Crippen molar-refractivity contribution >= 4 is 43.7 Å². The summed E-state index contributed by atoms with van der Waals surface area (Å²) < 4.78 is 0. The molecule has 0 aliphatic carbocycles. The van der Waals surface area contributed by atoms with Crippen LogP contribution in [0.3, 0.4) is 0 Å². The van der Waals surface area contributed by atoms with Gasteiger partial charge in [-0.15, -0.1) is 0 Å². The average Bonchev–Trinajstić information content (AvgIpc) is 3.05. The number of benzene rings is 2. The Bertz CT molecular complexity index is 1210. The first-order valence-corrected chi connectivity index (χ1v) is 6.85. The van der Waals surface area contributed by atoms with Gasteiger partial charge in [0.05, 0.1) is 27.5 Å². The maximum Gasteiger partial charge on any atom is 0.190 e. The zero-order valence-electron chi connectivity index (χ0n) is 11.0. The lowest BCUT2D eigenvalue weighted by atomic mass is 10.1. The minimum absolute atomic E-state index is 0.0363. The molecule has 3 N–H and O–H groups in total. The summed E-state index contributed by atoms with van der Waals surface area (Å²) in [4.78, 5) is 22.2. The molecule has 0 unspecified atom stereocenters. The maximum absolute atomic E-state index is 12.1. The molecule has 4 nitrogen and oxygen atoms in total. The molecule has 0 aliphatic rings. The van der Waals surface area contributed by atoms with E-state index in [-0.39, 0.29) is 5.43 Å². The zero-order chi connectivity index (χ0) is 14.0. The molecule has 3 aromatic heterocycles. The Balaban J connectivity index is 2.16. The Kier molecular flexibility index (Phi) is 1.81. The van der Waals surface area contributed by atoms with Crippen LogP contribution in [0, 0.1) is 0 Å². The molecule has 0 aliphatic heterocycles. The van der Waals surface area contributed by atoms with Gasteiger partial charge in [0.25, 0.3) is 0 Å². The van der Waals surface area contributed by atoms with Gasteiger partial charge in [0.1, 0.15) is 0 Å². The van der Waals surface area contributed by atoms with Gasteiger partial charge in [0, 0.05) is 22.5 Å². The van der Waals surface area contributed by atoms with Gasteiger partial charge >= 0.3 is 0 Å². The summed E-state index contributed by atoms with van der Waals surface area (Å²) in [6, 6.07) is 13.5. The van der Waals surface area contributed by atoms with Crippen LogP contribution < -0.4 is 5.43 Å². The Morgan fingerprint density at radius 2 is 1.57 bits per heavy atom. The van der Waals surface area contributed by atoms with Crippen LogP contribution in [0.4, 0.5) is 0 Å². The molecule has 0 amide bonds. The number of para-hydroxylation sites is 1. The third-order valence-electron chi connectivity index (χ3n) is 4.13. The summed E-state index contributed by atoms with van der Waals surface area (Å²) >= 11 is 0. The van der Waals surface area contributed by atoms with Crippen LogP contribution in [0.15, 0.2) is 53.5 Å². The Labute approximate surface area is 118 Å². The van der Waals surface area contributed by atoms with Crippen LogP contribution in [0.1, 0.15) is 0 Å². The first kappa shape index (κ1) is 10.7. The molecule has 0 bridgehead atoms. The van der Waals surface area contributed by atoms with E-state index in [1.165, 1.54) is 0 Å². The van der Waals surface area contributed by atoms with Crippen LogP contribution in [-0.2, 0) is 0 Å². The molecule has 4 heteroatoms. The molecule has 5 rings (SSSR count). The summed E-state index contributed by atoms with van der Waals surface area (Å²) in [5, 5.41) is 3.00. The van der Waals surface area contributed by atoms with Crippen LogP contribution in [0.2, 0.25) is 0 Å². The van der Waals surface area contributed by atoms with Crippen molar-refractivity contribution in [2.24, 2.45) is 0 Å². The van der Waals surface area contributed by atoms with Gasteiger partial charge in [-0.3, -0.25) is 4.79 Å². The van der Waals surface area contributed by atoms with Gasteiger partial charge in [-0.05, 0) is 18.2 Å². The quantitative estimate of drug-likeness (QED) is 0.396. The van der Waals surface area contributed by atoms with Crippen molar-refractivity contribution in [2.75, 3.05) is 0 Å². The standard InChI is InChI=1S/C17H11N3O/c21-13-7-3-6-11-15(13)16-17(20-11)14-9-4-1-2-5-10(9)19-12(14)8-18-16/h1-8,18-20H. The number of aromatic nitrogens is 3. The molecule has 0 saturated heterocycles. The van der Waals surface area contributed by atoms with E-state index < -0.39 is 0 Å². The summed E-state index contributed by atoms with van der Waals surface area (Å²) in [5.41, 5.74) is 4.87. The number of pyridine rings is 1. The van der Waals surface area contributed by atoms with Gasteiger partial charge in [-0.2, -0.15) is 0 Å². The Morgan fingerprint density at radius 3 is 2.52 bits per heavy atom. The molecule has 0 atom stereocenters. The van der Waals surface area contributed by atoms with Crippen molar-refractivity contribution in [1.29, 1.82) is 0 Å². The van der Waals surface area contributed by atoms with Gasteiger partial charge in [-0.25, -0.2) is 0 Å². The Morgan fingerprint density at radius 1 is 0.714 bits per heavy atom. The second kappa shape index (κ2) is 3.55. The Hall–Kier alpha value is -3.01. The second-order valence-corrected chi connectivity index (χ2v) is 5.30. The van der Waals surface area contributed by atoms with E-state index in [1.807, 2.05) is 24.4 Å². The highest BCUT2D eigenvalue weighted by atomic mass is 16.1. The van der Waals surface area contributed by atoms with Crippen molar-refractivity contribution < 1.29 is 0 Å². The minimum atomic E-state index is 0.0363. The van der Waals surface area contributed by atoms with Crippen molar-refractivity contribution in [3.05, 3.63) is 58.9 Å². The first-order chi connectivity index (χ1) is 10.3. The van der Waals surface area contributed by atoms with Crippen LogP contribution in [0.25, 0.3) is 43.7 Å². The molecular formula is C17H11N3O. The van der Waals surface area contributed by atoms with Gasteiger partial charge in [0.15, 0.2) is 5.43 Å². The van der Waals surface area contributed by atoms with Crippen LogP contribution in [-0.4, -0.2) is 15.0 Å². The molecule has 0 radical (unpaired) electrons. The summed E-state index contributed by atoms with van der Waals surface area (Å²) in [5.74, 6) is 0. The van der Waals surface area contributed by atoms with Crippen molar-refractivity contribution in [3.63, 3.8) is 0 Å². The normalized spacial score (nSPS) is 12.0. The van der Waals surface area contributed by atoms with E-state index in [1.54, 1.807) is 12.1 Å². The van der Waals surface area contributed by atoms with E-state index >= 15 is 0 Å². The van der Waals surface area contributed by atoms with Crippen LogP contribution >= 0.6 is 0 Å². The van der Waals surface area contributed by atoms with E-state index in [4.69, 9.17) is 0 Å². The van der Waals surface area contributed by atoms with Crippen LogP contribution in [0.5, 0.6) is 0 Å². The summed E-state index contributed by atoms with van der Waals surface area (Å²) in [7, 11) is 0. The monoisotopic (exact) mass is 273 g/mol. The third kappa shape index (κ3) is 1.26. The first-order valence-electron chi connectivity index (χ1n) is 6.85. The number of hydrogen-bond acceptors (Lipinski definition) is 1. The lowest BCUT2D eigenvalue weighted by Gasteiger charge is -1.95. The molecule has 0 fully saturated rings. The highest BCUT2D eigenvalue weighted by Gasteiger charge is 2.13. The minimum Gasteiger partial charge on any atom is -0.357 e. The highest BCUT2D eigenvalue weighted by Crippen LogP contribution is 2.32. The topological polar surface area (TPSA) is 64.4 Å². The lowest BCUT2D eigenvalue weighted by Crippen LogP contribution is -1.96. The maximum atomic E-state index is 12.1. The molecule has 0 spiro atoms. The SMILES string of the molecule is O=c1cccc2[nH]c3c([nH]cc4[nH]c5ccccc5c43)c12. The molecule has 3 heterocycles. The smallest absolute Gasteiger partial charge is 0.190 e. The predicted octanol–water partition coefficient (Wildman–Crippen LogP) is 3.64. The van der Waals surface area contributed by atoms with Gasteiger partial charge < -0.3 is 15.0 Å². The predicted molar refractivity (Wildman–Crippen MR) is 85.8 cm³/mol. The number of rotatable bonds is 0. The largest absolute Gasteiger partial charge is 0.357 e. The fourth-order valence-electron chi connectivity index (χ4n) is 3.23. The number of fused-ring (bicyclic) bond motifs is 7. The number of H-pyrrole nitrogens is 3. The van der Waals surface area contributed by atoms with E-state index in [9.17, 15) is 4.79 Å². The van der Waals surface area contributed by atoms with E-state index in [0.717, 1.165) is 43.7 Å². The van der Waals surface area contributed by atoms with Crippen molar-refractivity contribution in [3.8, 4) is 0 Å². The molecule has 21 heavy (non-hydrogen) atoms. The van der Waals surface area contributed by atoms with Gasteiger partial charge in [-0.1, -0.05) is 24.3 Å². The number of nitrogens with one attached hydrogen (secondary N) is 3. The fraction of sp³-hybridized carbons (Fsp3) is 0. The van der Waals surface area contributed by atoms with Crippen molar-refractivity contribution in [1.82, 2.24) is 15.0 Å². The summed E-state index contributed by atoms with van der Waals surface area (Å²) in [6.07, 6.45) is 1.93. The molecular weight excluding hydrogens is 262 g/mol. The summed E-state index contributed by atoms with van der Waals surface area (Å²) in [6.45, 7) is 0. The molecule has 0 saturated carbocycles. The molecule has 100 valence electrons. The third-order valence-corrected chi connectivity index (χ3v) is 4.13.